The molecule has 2 aromatic carbocycles. The van der Waals surface area contributed by atoms with Crippen LogP contribution in [0.5, 0.6) is 11.5 Å². The monoisotopic (exact) mass is 284 g/mol. The SMILES string of the molecule is CC(C)(C)c1ccccc1Oc1ccc(C(N)=O)cc1N. The molecule has 0 fully saturated rings. The van der Waals surface area contributed by atoms with Crippen LogP contribution in [0, 0.1) is 0 Å². The third kappa shape index (κ3) is 3.34. The molecule has 1 amide bonds. The number of hydrogen-bond acceptors (Lipinski definition) is 3. The van der Waals surface area contributed by atoms with Crippen molar-refractivity contribution in [2.45, 2.75) is 26.2 Å². The van der Waals surface area contributed by atoms with Crippen LogP contribution in [-0.4, -0.2) is 5.91 Å². The van der Waals surface area contributed by atoms with E-state index in [1.165, 1.54) is 6.07 Å². The molecule has 21 heavy (non-hydrogen) atoms. The van der Waals surface area contributed by atoms with E-state index in [9.17, 15) is 4.79 Å². The van der Waals surface area contributed by atoms with Gasteiger partial charge in [-0.3, -0.25) is 4.79 Å². The molecular weight excluding hydrogens is 264 g/mol. The van der Waals surface area contributed by atoms with Crippen molar-refractivity contribution in [2.24, 2.45) is 5.73 Å². The largest absolute Gasteiger partial charge is 0.455 e. The zero-order valence-corrected chi connectivity index (χ0v) is 12.5. The van der Waals surface area contributed by atoms with Crippen molar-refractivity contribution in [1.29, 1.82) is 0 Å². The number of nitrogens with two attached hydrogens (primary N) is 2. The second kappa shape index (κ2) is 5.48. The van der Waals surface area contributed by atoms with Crippen LogP contribution in [-0.2, 0) is 5.41 Å². The van der Waals surface area contributed by atoms with E-state index in [0.717, 1.165) is 11.3 Å². The number of amides is 1. The maximum atomic E-state index is 11.1. The van der Waals surface area contributed by atoms with Crippen LogP contribution in [0.1, 0.15) is 36.7 Å². The van der Waals surface area contributed by atoms with E-state index in [1.807, 2.05) is 24.3 Å². The lowest BCUT2D eigenvalue weighted by Crippen LogP contribution is -2.13. The number of carbonyl (C=O) groups is 1. The van der Waals surface area contributed by atoms with Gasteiger partial charge < -0.3 is 16.2 Å². The van der Waals surface area contributed by atoms with Gasteiger partial charge in [-0.1, -0.05) is 39.0 Å². The Hall–Kier alpha value is -2.49. The topological polar surface area (TPSA) is 78.3 Å². The first-order chi connectivity index (χ1) is 9.79. The zero-order chi connectivity index (χ0) is 15.6. The first-order valence-corrected chi connectivity index (χ1v) is 6.76. The summed E-state index contributed by atoms with van der Waals surface area (Å²) in [5, 5.41) is 0. The normalized spacial score (nSPS) is 11.2. The number of para-hydroxylation sites is 1. The fourth-order valence-electron chi connectivity index (χ4n) is 2.09. The Morgan fingerprint density at radius 2 is 1.71 bits per heavy atom. The molecule has 0 saturated heterocycles. The Balaban J connectivity index is 2.38. The smallest absolute Gasteiger partial charge is 0.248 e. The first kappa shape index (κ1) is 14.9. The lowest BCUT2D eigenvalue weighted by molar-refractivity contribution is 0.100. The minimum atomic E-state index is -0.511. The predicted molar refractivity (Wildman–Crippen MR) is 84.6 cm³/mol. The Morgan fingerprint density at radius 3 is 2.29 bits per heavy atom. The molecule has 0 bridgehead atoms. The minimum absolute atomic E-state index is 0.0431. The second-order valence-corrected chi connectivity index (χ2v) is 5.97. The predicted octanol–water partition coefficient (Wildman–Crippen LogP) is 3.46. The number of anilines is 1. The summed E-state index contributed by atoms with van der Waals surface area (Å²) in [6.45, 7) is 6.36. The van der Waals surface area contributed by atoms with Gasteiger partial charge in [0.15, 0.2) is 0 Å². The number of primary amides is 1. The summed E-state index contributed by atoms with van der Waals surface area (Å²) < 4.78 is 5.92. The minimum Gasteiger partial charge on any atom is -0.455 e. The molecule has 0 aromatic heterocycles. The summed E-state index contributed by atoms with van der Waals surface area (Å²) in [5.41, 5.74) is 13.0. The lowest BCUT2D eigenvalue weighted by atomic mass is 9.86. The highest BCUT2D eigenvalue weighted by Crippen LogP contribution is 2.35. The van der Waals surface area contributed by atoms with Crippen LogP contribution in [0.25, 0.3) is 0 Å². The van der Waals surface area contributed by atoms with Gasteiger partial charge in [-0.25, -0.2) is 0 Å². The number of ether oxygens (including phenoxy) is 1. The molecule has 2 aromatic rings. The van der Waals surface area contributed by atoms with Crippen molar-refractivity contribution in [1.82, 2.24) is 0 Å². The van der Waals surface area contributed by atoms with Crippen LogP contribution in [0.4, 0.5) is 5.69 Å². The average molecular weight is 284 g/mol. The van der Waals surface area contributed by atoms with Crippen molar-refractivity contribution in [3.05, 3.63) is 53.6 Å². The van der Waals surface area contributed by atoms with E-state index in [2.05, 4.69) is 20.8 Å². The Labute approximate surface area is 124 Å². The molecule has 0 heterocycles. The number of benzene rings is 2. The summed E-state index contributed by atoms with van der Waals surface area (Å²) in [5.74, 6) is 0.753. The quantitative estimate of drug-likeness (QED) is 0.847. The zero-order valence-electron chi connectivity index (χ0n) is 12.5. The fourth-order valence-corrected chi connectivity index (χ4v) is 2.09. The average Bonchev–Trinajstić information content (AvgIpc) is 2.40. The van der Waals surface area contributed by atoms with Gasteiger partial charge in [0.05, 0.1) is 5.69 Å². The summed E-state index contributed by atoms with van der Waals surface area (Å²) in [6, 6.07) is 12.6. The van der Waals surface area contributed by atoms with Gasteiger partial charge in [0.25, 0.3) is 0 Å². The molecular formula is C17H20N2O2. The summed E-state index contributed by atoms with van der Waals surface area (Å²) in [4.78, 5) is 11.1. The van der Waals surface area contributed by atoms with Gasteiger partial charge in [-0.2, -0.15) is 0 Å². The molecule has 0 aliphatic heterocycles. The van der Waals surface area contributed by atoms with Gasteiger partial charge in [0.1, 0.15) is 11.5 Å². The molecule has 0 spiro atoms. The van der Waals surface area contributed by atoms with Crippen molar-refractivity contribution in [2.75, 3.05) is 5.73 Å². The molecule has 4 N–H and O–H groups in total. The Bertz CT molecular complexity index is 673. The maximum absolute atomic E-state index is 11.1. The van der Waals surface area contributed by atoms with Gasteiger partial charge in [0.2, 0.25) is 5.91 Å². The summed E-state index contributed by atoms with van der Waals surface area (Å²) in [7, 11) is 0. The van der Waals surface area contributed by atoms with E-state index >= 15 is 0 Å². The van der Waals surface area contributed by atoms with Crippen molar-refractivity contribution in [3.8, 4) is 11.5 Å². The number of carbonyl (C=O) groups excluding carboxylic acids is 1. The van der Waals surface area contributed by atoms with Crippen LogP contribution < -0.4 is 16.2 Å². The second-order valence-electron chi connectivity index (χ2n) is 5.97. The number of rotatable bonds is 3. The molecule has 0 aliphatic carbocycles. The van der Waals surface area contributed by atoms with Gasteiger partial charge >= 0.3 is 0 Å². The van der Waals surface area contributed by atoms with E-state index in [4.69, 9.17) is 16.2 Å². The molecule has 0 atom stereocenters. The third-order valence-electron chi connectivity index (χ3n) is 3.21. The molecule has 4 heteroatoms. The molecule has 0 aliphatic rings. The fraction of sp³-hybridized carbons (Fsp3) is 0.235. The number of nitrogen functional groups attached to an aromatic ring is 1. The van der Waals surface area contributed by atoms with E-state index in [-0.39, 0.29) is 5.41 Å². The van der Waals surface area contributed by atoms with Gasteiger partial charge in [-0.15, -0.1) is 0 Å². The van der Waals surface area contributed by atoms with Crippen LogP contribution in [0.3, 0.4) is 0 Å². The van der Waals surface area contributed by atoms with Gasteiger partial charge in [-0.05, 0) is 29.7 Å². The standard InChI is InChI=1S/C17H20N2O2/c1-17(2,3)12-6-4-5-7-14(12)21-15-9-8-11(16(19)20)10-13(15)18/h4-10H,18H2,1-3H3,(H2,19,20). The van der Waals surface area contributed by atoms with Crippen LogP contribution in [0.2, 0.25) is 0 Å². The molecule has 0 unspecified atom stereocenters. The molecule has 2 rings (SSSR count). The van der Waals surface area contributed by atoms with Crippen LogP contribution in [0.15, 0.2) is 42.5 Å². The first-order valence-electron chi connectivity index (χ1n) is 6.76. The molecule has 4 nitrogen and oxygen atoms in total. The molecule has 0 radical (unpaired) electrons. The van der Waals surface area contributed by atoms with Crippen molar-refractivity contribution < 1.29 is 9.53 Å². The lowest BCUT2D eigenvalue weighted by Gasteiger charge is -2.22. The molecule has 110 valence electrons. The number of hydrogen-bond donors (Lipinski definition) is 2. The Morgan fingerprint density at radius 1 is 1.05 bits per heavy atom. The Kier molecular flexibility index (Phi) is 3.89. The summed E-state index contributed by atoms with van der Waals surface area (Å²) in [6.07, 6.45) is 0. The molecule has 0 saturated carbocycles. The van der Waals surface area contributed by atoms with Crippen LogP contribution >= 0.6 is 0 Å². The highest BCUT2D eigenvalue weighted by atomic mass is 16.5. The maximum Gasteiger partial charge on any atom is 0.248 e. The highest BCUT2D eigenvalue weighted by Gasteiger charge is 2.19. The van der Waals surface area contributed by atoms with E-state index < -0.39 is 5.91 Å². The van der Waals surface area contributed by atoms with Gasteiger partial charge in [0, 0.05) is 11.1 Å². The van der Waals surface area contributed by atoms with E-state index in [1.54, 1.807) is 12.1 Å². The van der Waals surface area contributed by atoms with Crippen molar-refractivity contribution >= 4 is 11.6 Å². The van der Waals surface area contributed by atoms with Crippen molar-refractivity contribution in [3.63, 3.8) is 0 Å². The highest BCUT2D eigenvalue weighted by molar-refractivity contribution is 5.94. The third-order valence-corrected chi connectivity index (χ3v) is 3.21. The summed E-state index contributed by atoms with van der Waals surface area (Å²) >= 11 is 0. The van der Waals surface area contributed by atoms with E-state index in [0.29, 0.717) is 17.0 Å².